The van der Waals surface area contributed by atoms with Gasteiger partial charge < -0.3 is 9.47 Å². The molecule has 1 aliphatic heterocycles. The van der Waals surface area contributed by atoms with Crippen LogP contribution in [0.25, 0.3) is 6.08 Å². The highest BCUT2D eigenvalue weighted by molar-refractivity contribution is 9.10. The molecule has 0 radical (unpaired) electrons. The molecule has 1 aliphatic rings. The van der Waals surface area contributed by atoms with E-state index < -0.39 is 11.8 Å². The van der Waals surface area contributed by atoms with Gasteiger partial charge in [0.15, 0.2) is 16.6 Å². The average Bonchev–Trinajstić information content (AvgIpc) is 2.64. The standard InChI is InChI=1S/C19H23BrN2O4S/c1-6-11(3)26-16-14(20)9-12(10-15(16)25-7-2)8-13-17(23)21(4)19(27)22(5)18(13)24/h8-11H,6-7H2,1-5H3/t11-/m1/s1. The highest BCUT2D eigenvalue weighted by Gasteiger charge is 2.35. The summed E-state index contributed by atoms with van der Waals surface area (Å²) in [6.07, 6.45) is 2.42. The average molecular weight is 455 g/mol. The molecule has 6 nitrogen and oxygen atoms in total. The number of halogens is 1. The largest absolute Gasteiger partial charge is 0.490 e. The van der Waals surface area contributed by atoms with Crippen molar-refractivity contribution in [2.75, 3.05) is 20.7 Å². The Morgan fingerprint density at radius 3 is 2.30 bits per heavy atom. The van der Waals surface area contributed by atoms with Gasteiger partial charge in [-0.3, -0.25) is 19.4 Å². The van der Waals surface area contributed by atoms with E-state index in [9.17, 15) is 9.59 Å². The minimum Gasteiger partial charge on any atom is -0.490 e. The van der Waals surface area contributed by atoms with Gasteiger partial charge >= 0.3 is 0 Å². The number of likely N-dealkylation sites (N-methyl/N-ethyl adjacent to an activating group) is 2. The van der Waals surface area contributed by atoms with E-state index in [-0.39, 0.29) is 16.8 Å². The molecule has 27 heavy (non-hydrogen) atoms. The minimum atomic E-state index is -0.433. The molecule has 1 fully saturated rings. The van der Waals surface area contributed by atoms with Gasteiger partial charge in [-0.2, -0.15) is 0 Å². The summed E-state index contributed by atoms with van der Waals surface area (Å²) in [6.45, 7) is 6.35. The van der Waals surface area contributed by atoms with Crippen LogP contribution in [-0.2, 0) is 9.59 Å². The van der Waals surface area contributed by atoms with Crippen LogP contribution in [0.1, 0.15) is 32.8 Å². The number of ether oxygens (including phenoxy) is 2. The first-order chi connectivity index (χ1) is 12.7. The second-order valence-corrected chi connectivity index (χ2v) is 7.39. The zero-order valence-corrected chi connectivity index (χ0v) is 18.4. The zero-order chi connectivity index (χ0) is 20.3. The predicted molar refractivity (Wildman–Crippen MR) is 112 cm³/mol. The van der Waals surface area contributed by atoms with Gasteiger partial charge in [0.1, 0.15) is 5.57 Å². The summed E-state index contributed by atoms with van der Waals surface area (Å²) in [5.74, 6) is 0.284. The van der Waals surface area contributed by atoms with Gasteiger partial charge in [-0.15, -0.1) is 0 Å². The topological polar surface area (TPSA) is 59.1 Å². The molecule has 8 heteroatoms. The van der Waals surface area contributed by atoms with Crippen LogP contribution in [0.15, 0.2) is 22.2 Å². The van der Waals surface area contributed by atoms with Crippen LogP contribution in [0.3, 0.4) is 0 Å². The lowest BCUT2D eigenvalue weighted by Gasteiger charge is -2.31. The highest BCUT2D eigenvalue weighted by Crippen LogP contribution is 2.38. The van der Waals surface area contributed by atoms with E-state index in [0.29, 0.717) is 28.1 Å². The SMILES string of the molecule is CCOc1cc(C=C2C(=O)N(C)C(=S)N(C)C2=O)cc(Br)c1O[C@H](C)CC. The number of carbonyl (C=O) groups is 2. The number of nitrogens with zero attached hydrogens (tertiary/aromatic N) is 2. The Morgan fingerprint density at radius 2 is 1.78 bits per heavy atom. The highest BCUT2D eigenvalue weighted by atomic mass is 79.9. The van der Waals surface area contributed by atoms with E-state index in [1.54, 1.807) is 32.3 Å². The fourth-order valence-electron chi connectivity index (χ4n) is 2.47. The number of hydrogen-bond acceptors (Lipinski definition) is 5. The van der Waals surface area contributed by atoms with Gasteiger partial charge in [-0.05, 0) is 72.2 Å². The van der Waals surface area contributed by atoms with Gasteiger partial charge in [0, 0.05) is 14.1 Å². The molecule has 146 valence electrons. The lowest BCUT2D eigenvalue weighted by atomic mass is 10.1. The molecule has 1 atom stereocenters. The summed E-state index contributed by atoms with van der Waals surface area (Å²) in [7, 11) is 3.10. The maximum absolute atomic E-state index is 12.5. The van der Waals surface area contributed by atoms with Crippen LogP contribution in [-0.4, -0.2) is 53.5 Å². The number of rotatable bonds is 6. The Balaban J connectivity index is 2.49. The number of hydrogen-bond donors (Lipinski definition) is 0. The monoisotopic (exact) mass is 454 g/mol. The van der Waals surface area contributed by atoms with E-state index >= 15 is 0 Å². The first kappa shape index (κ1) is 21.4. The molecule has 1 aromatic carbocycles. The quantitative estimate of drug-likeness (QED) is 0.373. The van der Waals surface area contributed by atoms with Gasteiger partial charge in [0.05, 0.1) is 17.2 Å². The molecule has 1 aromatic rings. The summed E-state index contributed by atoms with van der Waals surface area (Å²) < 4.78 is 12.4. The Kier molecular flexibility index (Phi) is 7.00. The molecule has 2 amide bonds. The molecule has 0 aromatic heterocycles. The van der Waals surface area contributed by atoms with Crippen molar-refractivity contribution in [3.8, 4) is 11.5 Å². The van der Waals surface area contributed by atoms with Crippen molar-refractivity contribution in [2.45, 2.75) is 33.3 Å². The van der Waals surface area contributed by atoms with E-state index in [4.69, 9.17) is 21.7 Å². The van der Waals surface area contributed by atoms with Crippen molar-refractivity contribution in [1.29, 1.82) is 0 Å². The zero-order valence-electron chi connectivity index (χ0n) is 16.0. The van der Waals surface area contributed by atoms with Crippen LogP contribution in [0.4, 0.5) is 0 Å². The molecule has 0 saturated carbocycles. The van der Waals surface area contributed by atoms with Gasteiger partial charge in [0.2, 0.25) is 0 Å². The molecule has 2 rings (SSSR count). The van der Waals surface area contributed by atoms with Gasteiger partial charge in [0.25, 0.3) is 11.8 Å². The number of carbonyl (C=O) groups excluding carboxylic acids is 2. The lowest BCUT2D eigenvalue weighted by Crippen LogP contribution is -2.52. The van der Waals surface area contributed by atoms with Crippen LogP contribution in [0, 0.1) is 0 Å². The Bertz CT molecular complexity index is 783. The van der Waals surface area contributed by atoms with Crippen LogP contribution in [0.5, 0.6) is 11.5 Å². The van der Waals surface area contributed by atoms with E-state index in [0.717, 1.165) is 6.42 Å². The number of thiocarbonyl (C=S) groups is 1. The van der Waals surface area contributed by atoms with Crippen molar-refractivity contribution >= 4 is 51.2 Å². The van der Waals surface area contributed by atoms with Crippen LogP contribution < -0.4 is 9.47 Å². The normalized spacial score (nSPS) is 15.9. The molecule has 0 bridgehead atoms. The predicted octanol–water partition coefficient (Wildman–Crippen LogP) is 3.62. The third-order valence-electron chi connectivity index (χ3n) is 4.18. The van der Waals surface area contributed by atoms with Crippen molar-refractivity contribution < 1.29 is 19.1 Å². The number of amides is 2. The van der Waals surface area contributed by atoms with Crippen molar-refractivity contribution in [2.24, 2.45) is 0 Å². The first-order valence-electron chi connectivity index (χ1n) is 8.65. The van der Waals surface area contributed by atoms with E-state index in [2.05, 4.69) is 15.9 Å². The molecule has 0 unspecified atom stereocenters. The summed E-state index contributed by atoms with van der Waals surface area (Å²) in [5.41, 5.74) is 0.687. The van der Waals surface area contributed by atoms with E-state index in [1.165, 1.54) is 9.80 Å². The third-order valence-corrected chi connectivity index (χ3v) is 5.32. The van der Waals surface area contributed by atoms with Crippen molar-refractivity contribution in [3.05, 3.63) is 27.7 Å². The number of benzene rings is 1. The minimum absolute atomic E-state index is 0.0227. The second-order valence-electron chi connectivity index (χ2n) is 6.17. The van der Waals surface area contributed by atoms with Crippen LogP contribution in [0.2, 0.25) is 0 Å². The summed E-state index contributed by atoms with van der Waals surface area (Å²) >= 11 is 8.61. The fourth-order valence-corrected chi connectivity index (χ4v) is 3.19. The summed E-state index contributed by atoms with van der Waals surface area (Å²) in [4.78, 5) is 27.6. The lowest BCUT2D eigenvalue weighted by molar-refractivity contribution is -0.132. The molecule has 0 spiro atoms. The Labute approximate surface area is 173 Å². The Hall–Kier alpha value is -1.93. The van der Waals surface area contributed by atoms with E-state index in [1.807, 2.05) is 20.8 Å². The first-order valence-corrected chi connectivity index (χ1v) is 9.86. The molecule has 0 aliphatic carbocycles. The maximum Gasteiger partial charge on any atom is 0.265 e. The summed E-state index contributed by atoms with van der Waals surface area (Å²) in [6, 6.07) is 3.55. The van der Waals surface area contributed by atoms with Gasteiger partial charge in [-0.25, -0.2) is 0 Å². The molecule has 1 heterocycles. The van der Waals surface area contributed by atoms with Gasteiger partial charge in [-0.1, -0.05) is 6.92 Å². The van der Waals surface area contributed by atoms with Crippen LogP contribution >= 0.6 is 28.1 Å². The second kappa shape index (κ2) is 8.84. The third kappa shape index (κ3) is 4.50. The molecule has 0 N–H and O–H groups in total. The molecule has 1 saturated heterocycles. The maximum atomic E-state index is 12.5. The fraction of sp³-hybridized carbons (Fsp3) is 0.421. The smallest absolute Gasteiger partial charge is 0.265 e. The Morgan fingerprint density at radius 1 is 1.19 bits per heavy atom. The summed E-state index contributed by atoms with van der Waals surface area (Å²) in [5, 5.41) is 0.177. The molecular weight excluding hydrogens is 432 g/mol. The van der Waals surface area contributed by atoms with Crippen molar-refractivity contribution in [3.63, 3.8) is 0 Å². The van der Waals surface area contributed by atoms with Crippen molar-refractivity contribution in [1.82, 2.24) is 9.80 Å². The molecular formula is C19H23BrN2O4S.